The lowest BCUT2D eigenvalue weighted by Gasteiger charge is -2.38. The van der Waals surface area contributed by atoms with Crippen molar-refractivity contribution < 1.29 is 14.3 Å². The summed E-state index contributed by atoms with van der Waals surface area (Å²) in [6.07, 6.45) is 5.99. The van der Waals surface area contributed by atoms with Gasteiger partial charge in [0.1, 0.15) is 11.5 Å². The molecule has 2 aromatic rings. The van der Waals surface area contributed by atoms with Gasteiger partial charge in [-0.15, -0.1) is 0 Å². The lowest BCUT2D eigenvalue weighted by atomic mass is 9.89. The van der Waals surface area contributed by atoms with Crippen molar-refractivity contribution in [1.82, 2.24) is 10.2 Å². The summed E-state index contributed by atoms with van der Waals surface area (Å²) in [7, 11) is 3.40. The number of nitrogens with one attached hydrogen (secondary N) is 1. The Balaban J connectivity index is 1.22. The maximum absolute atomic E-state index is 13.2. The van der Waals surface area contributed by atoms with Crippen LogP contribution in [0.1, 0.15) is 42.4 Å². The van der Waals surface area contributed by atoms with E-state index < -0.39 is 0 Å². The minimum atomic E-state index is 0.118. The predicted molar refractivity (Wildman–Crippen MR) is 120 cm³/mol. The first-order chi connectivity index (χ1) is 15.2. The van der Waals surface area contributed by atoms with Gasteiger partial charge < -0.3 is 14.8 Å². The van der Waals surface area contributed by atoms with Crippen LogP contribution in [0, 0.1) is 5.92 Å². The molecule has 164 valence electrons. The van der Waals surface area contributed by atoms with Crippen LogP contribution < -0.4 is 14.8 Å². The monoisotopic (exact) mass is 420 g/mol. The number of amides is 1. The first kappa shape index (κ1) is 20.4. The molecule has 0 saturated carbocycles. The standard InChI is InChI=1S/C26H32N2O3/c1-30-24-10-11-25(31-2)23-15-19(14-22(23)24)27-26(29)18-12-20-8-9-21(13-18)28(20)16-17-6-4-3-5-7-17/h3-7,10-11,18-21H,8-9,12-16H2,1-2H3,(H,27,29)/t18?,20-,21+. The summed E-state index contributed by atoms with van der Waals surface area (Å²) in [5, 5.41) is 3.36. The summed E-state index contributed by atoms with van der Waals surface area (Å²) in [4.78, 5) is 15.8. The van der Waals surface area contributed by atoms with Gasteiger partial charge in [0.05, 0.1) is 14.2 Å². The topological polar surface area (TPSA) is 50.8 Å². The molecular formula is C26H32N2O3. The maximum atomic E-state index is 13.2. The molecule has 1 unspecified atom stereocenters. The van der Waals surface area contributed by atoms with Crippen LogP contribution in [-0.4, -0.2) is 43.2 Å². The zero-order chi connectivity index (χ0) is 21.4. The van der Waals surface area contributed by atoms with Crippen molar-refractivity contribution in [3.8, 4) is 11.5 Å². The smallest absolute Gasteiger partial charge is 0.223 e. The van der Waals surface area contributed by atoms with Crippen LogP contribution >= 0.6 is 0 Å². The number of methoxy groups -OCH3 is 2. The Kier molecular flexibility index (Phi) is 5.61. The minimum Gasteiger partial charge on any atom is -0.496 e. The summed E-state index contributed by atoms with van der Waals surface area (Å²) < 4.78 is 11.1. The average molecular weight is 421 g/mol. The summed E-state index contributed by atoms with van der Waals surface area (Å²) in [6.45, 7) is 1.00. The molecule has 2 fully saturated rings. The fourth-order valence-electron chi connectivity index (χ4n) is 6.01. The number of fused-ring (bicyclic) bond motifs is 3. The van der Waals surface area contributed by atoms with Gasteiger partial charge in [-0.25, -0.2) is 0 Å². The lowest BCUT2D eigenvalue weighted by molar-refractivity contribution is -0.128. The molecule has 2 aliphatic heterocycles. The van der Waals surface area contributed by atoms with Crippen molar-refractivity contribution in [1.29, 1.82) is 0 Å². The van der Waals surface area contributed by atoms with Gasteiger partial charge in [-0.05, 0) is 56.2 Å². The van der Waals surface area contributed by atoms with Crippen LogP contribution in [0.3, 0.4) is 0 Å². The van der Waals surface area contributed by atoms with E-state index in [1.807, 2.05) is 12.1 Å². The number of ether oxygens (including phenoxy) is 2. The van der Waals surface area contributed by atoms with E-state index in [4.69, 9.17) is 9.47 Å². The van der Waals surface area contributed by atoms with Gasteiger partial charge in [0, 0.05) is 41.7 Å². The molecule has 1 aliphatic carbocycles. The Bertz CT molecular complexity index is 898. The number of carbonyl (C=O) groups is 1. The Morgan fingerprint density at radius 3 is 2.06 bits per heavy atom. The van der Waals surface area contributed by atoms with E-state index in [9.17, 15) is 4.79 Å². The van der Waals surface area contributed by atoms with Crippen molar-refractivity contribution in [2.45, 2.75) is 63.2 Å². The molecule has 2 bridgehead atoms. The van der Waals surface area contributed by atoms with Gasteiger partial charge >= 0.3 is 0 Å². The third-order valence-electron chi connectivity index (χ3n) is 7.50. The number of rotatable bonds is 6. The number of carbonyl (C=O) groups excluding carboxylic acids is 1. The summed E-state index contributed by atoms with van der Waals surface area (Å²) in [5.74, 6) is 2.13. The van der Waals surface area contributed by atoms with Gasteiger partial charge in [0.15, 0.2) is 0 Å². The van der Waals surface area contributed by atoms with Gasteiger partial charge in [-0.2, -0.15) is 0 Å². The molecular weight excluding hydrogens is 388 g/mol. The molecule has 0 aromatic heterocycles. The summed E-state index contributed by atoms with van der Waals surface area (Å²) >= 11 is 0. The number of benzene rings is 2. The quantitative estimate of drug-likeness (QED) is 0.774. The van der Waals surface area contributed by atoms with Gasteiger partial charge in [0.25, 0.3) is 0 Å². The average Bonchev–Trinajstić information content (AvgIpc) is 3.30. The van der Waals surface area contributed by atoms with Crippen LogP contribution in [0.25, 0.3) is 0 Å². The molecule has 2 aromatic carbocycles. The Morgan fingerprint density at radius 2 is 1.52 bits per heavy atom. The largest absolute Gasteiger partial charge is 0.496 e. The van der Waals surface area contributed by atoms with Crippen LogP contribution in [0.15, 0.2) is 42.5 Å². The number of hydrogen-bond donors (Lipinski definition) is 1. The summed E-state index contributed by atoms with van der Waals surface area (Å²) in [6, 6.07) is 15.8. The molecule has 3 atom stereocenters. The van der Waals surface area contributed by atoms with Gasteiger partial charge in [-0.1, -0.05) is 30.3 Å². The molecule has 0 radical (unpaired) electrons. The second-order valence-electron chi connectivity index (χ2n) is 9.25. The normalized spacial score (nSPS) is 25.3. The van der Waals surface area contributed by atoms with E-state index >= 15 is 0 Å². The highest BCUT2D eigenvalue weighted by atomic mass is 16.5. The van der Waals surface area contributed by atoms with Crippen LogP contribution in [0.2, 0.25) is 0 Å². The molecule has 1 N–H and O–H groups in total. The second-order valence-corrected chi connectivity index (χ2v) is 9.25. The minimum absolute atomic E-state index is 0.118. The highest BCUT2D eigenvalue weighted by Gasteiger charge is 2.43. The SMILES string of the molecule is COc1ccc(OC)c2c1CC(NC(=O)C1C[C@H]3CC[C@@H](C1)N3Cc1ccccc1)C2. The number of piperidine rings is 1. The molecule has 5 heteroatoms. The Hall–Kier alpha value is -2.53. The Morgan fingerprint density at radius 1 is 0.935 bits per heavy atom. The van der Waals surface area contributed by atoms with Crippen molar-refractivity contribution in [3.63, 3.8) is 0 Å². The van der Waals surface area contributed by atoms with Crippen LogP contribution in [0.5, 0.6) is 11.5 Å². The molecule has 5 nitrogen and oxygen atoms in total. The first-order valence-corrected chi connectivity index (χ1v) is 11.5. The Labute approximate surface area is 184 Å². The molecule has 3 aliphatic rings. The number of hydrogen-bond acceptors (Lipinski definition) is 4. The second kappa shape index (κ2) is 8.54. The third kappa shape index (κ3) is 3.91. The van der Waals surface area contributed by atoms with E-state index in [2.05, 4.69) is 40.5 Å². The highest BCUT2D eigenvalue weighted by molar-refractivity contribution is 5.79. The molecule has 2 saturated heterocycles. The highest BCUT2D eigenvalue weighted by Crippen LogP contribution is 2.41. The van der Waals surface area contributed by atoms with Crippen molar-refractivity contribution >= 4 is 5.91 Å². The third-order valence-corrected chi connectivity index (χ3v) is 7.50. The van der Waals surface area contributed by atoms with E-state index in [0.29, 0.717) is 12.1 Å². The summed E-state index contributed by atoms with van der Waals surface area (Å²) in [5.41, 5.74) is 3.71. The first-order valence-electron chi connectivity index (χ1n) is 11.5. The maximum Gasteiger partial charge on any atom is 0.223 e. The molecule has 1 amide bonds. The fourth-order valence-corrected chi connectivity index (χ4v) is 6.01. The molecule has 5 rings (SSSR count). The fraction of sp³-hybridized carbons (Fsp3) is 0.500. The number of nitrogens with zero attached hydrogens (tertiary/aromatic N) is 1. The zero-order valence-electron chi connectivity index (χ0n) is 18.5. The molecule has 2 heterocycles. The van der Waals surface area contributed by atoms with Crippen LogP contribution in [0.4, 0.5) is 0 Å². The zero-order valence-corrected chi connectivity index (χ0v) is 18.5. The van der Waals surface area contributed by atoms with Crippen molar-refractivity contribution in [2.75, 3.05) is 14.2 Å². The van der Waals surface area contributed by atoms with Crippen molar-refractivity contribution in [2.24, 2.45) is 5.92 Å². The lowest BCUT2D eigenvalue weighted by Crippen LogP contribution is -2.48. The molecule has 31 heavy (non-hydrogen) atoms. The van der Waals surface area contributed by atoms with Gasteiger partial charge in [0.2, 0.25) is 5.91 Å². The van der Waals surface area contributed by atoms with E-state index in [1.54, 1.807) is 14.2 Å². The van der Waals surface area contributed by atoms with E-state index in [0.717, 1.165) is 43.7 Å². The van der Waals surface area contributed by atoms with E-state index in [-0.39, 0.29) is 17.9 Å². The van der Waals surface area contributed by atoms with E-state index in [1.165, 1.54) is 29.5 Å². The predicted octanol–water partition coefficient (Wildman–Crippen LogP) is 3.73. The van der Waals surface area contributed by atoms with Crippen molar-refractivity contribution in [3.05, 3.63) is 59.2 Å². The van der Waals surface area contributed by atoms with Gasteiger partial charge in [-0.3, -0.25) is 9.69 Å². The van der Waals surface area contributed by atoms with Crippen LogP contribution in [-0.2, 0) is 24.2 Å². The molecule has 0 spiro atoms.